The number of benzene rings is 2. The van der Waals surface area contributed by atoms with Gasteiger partial charge in [-0.1, -0.05) is 12.1 Å². The van der Waals surface area contributed by atoms with E-state index in [1.165, 1.54) is 24.3 Å². The van der Waals surface area contributed by atoms with Crippen molar-refractivity contribution in [3.8, 4) is 11.5 Å². The first-order valence-corrected chi connectivity index (χ1v) is 7.09. The summed E-state index contributed by atoms with van der Waals surface area (Å²) in [6, 6.07) is 13.4. The van der Waals surface area contributed by atoms with E-state index in [2.05, 4.69) is 10.6 Å². The van der Waals surface area contributed by atoms with E-state index in [9.17, 15) is 9.59 Å². The van der Waals surface area contributed by atoms with Gasteiger partial charge in [0.2, 0.25) is 0 Å². The third kappa shape index (κ3) is 5.03. The van der Waals surface area contributed by atoms with Crippen LogP contribution >= 0.6 is 0 Å². The number of hydrogen-bond donors (Lipinski definition) is 3. The van der Waals surface area contributed by atoms with Gasteiger partial charge in [-0.25, -0.2) is 0 Å². The molecule has 0 bridgehead atoms. The molecular weight excluding hydrogens is 296 g/mol. The Morgan fingerprint density at radius 1 is 1.00 bits per heavy atom. The average Bonchev–Trinajstić information content (AvgIpc) is 2.57. The van der Waals surface area contributed by atoms with Crippen molar-refractivity contribution in [2.45, 2.75) is 6.42 Å². The van der Waals surface area contributed by atoms with E-state index in [0.29, 0.717) is 18.7 Å². The van der Waals surface area contributed by atoms with E-state index >= 15 is 0 Å². The van der Waals surface area contributed by atoms with Crippen molar-refractivity contribution in [3.63, 3.8) is 0 Å². The van der Waals surface area contributed by atoms with Crippen molar-refractivity contribution in [2.75, 3.05) is 19.0 Å². The van der Waals surface area contributed by atoms with E-state index in [4.69, 9.17) is 9.84 Å². The Morgan fingerprint density at radius 3 is 2.26 bits per heavy atom. The summed E-state index contributed by atoms with van der Waals surface area (Å²) in [5.41, 5.74) is 1.48. The lowest BCUT2D eigenvalue weighted by atomic mass is 10.1. The first kappa shape index (κ1) is 16.4. The van der Waals surface area contributed by atoms with E-state index < -0.39 is 11.8 Å². The molecule has 0 aliphatic heterocycles. The standard InChI is InChI=1S/C17H18N2O4/c1-23-15-8-2-12(3-9-15)10-11-18-16(21)17(22)19-13-4-6-14(20)7-5-13/h2-9,20H,10-11H2,1H3,(H,18,21)(H,19,22). The van der Waals surface area contributed by atoms with Crippen LogP contribution in [0.1, 0.15) is 5.56 Å². The van der Waals surface area contributed by atoms with Crippen LogP contribution in [-0.4, -0.2) is 30.6 Å². The van der Waals surface area contributed by atoms with Crippen molar-refractivity contribution in [3.05, 3.63) is 54.1 Å². The number of carbonyl (C=O) groups excluding carboxylic acids is 2. The molecule has 0 spiro atoms. The van der Waals surface area contributed by atoms with Crippen molar-refractivity contribution < 1.29 is 19.4 Å². The zero-order chi connectivity index (χ0) is 16.7. The molecule has 6 heteroatoms. The first-order valence-electron chi connectivity index (χ1n) is 7.09. The Kier molecular flexibility index (Phi) is 5.57. The number of hydrogen-bond acceptors (Lipinski definition) is 4. The molecule has 2 aromatic carbocycles. The Balaban J connectivity index is 1.77. The summed E-state index contributed by atoms with van der Waals surface area (Å²) < 4.78 is 5.07. The molecule has 2 aromatic rings. The van der Waals surface area contributed by atoms with Crippen molar-refractivity contribution in [2.24, 2.45) is 0 Å². The van der Waals surface area contributed by atoms with Crippen LogP contribution in [0, 0.1) is 0 Å². The Labute approximate surface area is 134 Å². The summed E-state index contributed by atoms with van der Waals surface area (Å²) in [5, 5.41) is 14.2. The van der Waals surface area contributed by atoms with Gasteiger partial charge in [-0.15, -0.1) is 0 Å². The molecule has 0 aromatic heterocycles. The fraction of sp³-hybridized carbons (Fsp3) is 0.176. The van der Waals surface area contributed by atoms with E-state index in [1.807, 2.05) is 24.3 Å². The Morgan fingerprint density at radius 2 is 1.65 bits per heavy atom. The molecule has 2 rings (SSSR count). The van der Waals surface area contributed by atoms with Crippen molar-refractivity contribution in [1.29, 1.82) is 0 Å². The fourth-order valence-electron chi connectivity index (χ4n) is 1.93. The second-order valence-electron chi connectivity index (χ2n) is 4.85. The molecule has 0 radical (unpaired) electrons. The van der Waals surface area contributed by atoms with Crippen LogP contribution < -0.4 is 15.4 Å². The number of phenolic OH excluding ortho intramolecular Hbond substituents is 1. The highest BCUT2D eigenvalue weighted by molar-refractivity contribution is 6.39. The quantitative estimate of drug-likeness (QED) is 0.579. The number of phenols is 1. The minimum Gasteiger partial charge on any atom is -0.508 e. The maximum Gasteiger partial charge on any atom is 0.313 e. The molecule has 0 unspecified atom stereocenters. The van der Waals surface area contributed by atoms with Crippen LogP contribution in [0.2, 0.25) is 0 Å². The molecule has 3 N–H and O–H groups in total. The van der Waals surface area contributed by atoms with Gasteiger partial charge in [0.25, 0.3) is 0 Å². The first-order chi connectivity index (χ1) is 11.1. The molecule has 0 saturated carbocycles. The molecule has 23 heavy (non-hydrogen) atoms. The number of amides is 2. The van der Waals surface area contributed by atoms with Gasteiger partial charge in [0.15, 0.2) is 0 Å². The number of nitrogens with one attached hydrogen (secondary N) is 2. The summed E-state index contributed by atoms with van der Waals surface area (Å²) >= 11 is 0. The van der Waals surface area contributed by atoms with Gasteiger partial charge in [-0.2, -0.15) is 0 Å². The monoisotopic (exact) mass is 314 g/mol. The lowest BCUT2D eigenvalue weighted by molar-refractivity contribution is -0.136. The predicted molar refractivity (Wildman–Crippen MR) is 86.4 cm³/mol. The van der Waals surface area contributed by atoms with Gasteiger partial charge in [0.1, 0.15) is 11.5 Å². The van der Waals surface area contributed by atoms with E-state index in [1.54, 1.807) is 7.11 Å². The largest absolute Gasteiger partial charge is 0.508 e. The number of aromatic hydroxyl groups is 1. The molecule has 0 heterocycles. The van der Waals surface area contributed by atoms with Gasteiger partial charge >= 0.3 is 11.8 Å². The number of ether oxygens (including phenoxy) is 1. The molecule has 0 aliphatic carbocycles. The molecule has 0 fully saturated rings. The molecule has 2 amide bonds. The summed E-state index contributed by atoms with van der Waals surface area (Å²) in [6.07, 6.45) is 0.613. The van der Waals surface area contributed by atoms with Gasteiger partial charge in [-0.3, -0.25) is 9.59 Å². The molecule has 0 saturated heterocycles. The highest BCUT2D eigenvalue weighted by Crippen LogP contribution is 2.13. The molecule has 0 aliphatic rings. The third-order valence-corrected chi connectivity index (χ3v) is 3.19. The predicted octanol–water partition coefficient (Wildman–Crippen LogP) is 1.70. The van der Waals surface area contributed by atoms with Crippen molar-refractivity contribution >= 4 is 17.5 Å². The SMILES string of the molecule is COc1ccc(CCNC(=O)C(=O)Nc2ccc(O)cc2)cc1. The number of methoxy groups -OCH3 is 1. The molecule has 120 valence electrons. The Hall–Kier alpha value is -3.02. The maximum absolute atomic E-state index is 11.7. The Bertz CT molecular complexity index is 666. The van der Waals surface area contributed by atoms with Gasteiger partial charge < -0.3 is 20.5 Å². The van der Waals surface area contributed by atoms with E-state index in [-0.39, 0.29) is 5.75 Å². The van der Waals surface area contributed by atoms with E-state index in [0.717, 1.165) is 11.3 Å². The van der Waals surface area contributed by atoms with Crippen LogP contribution in [0.5, 0.6) is 11.5 Å². The number of carbonyl (C=O) groups is 2. The smallest absolute Gasteiger partial charge is 0.313 e. The van der Waals surface area contributed by atoms with Crippen LogP contribution in [0.3, 0.4) is 0 Å². The fourth-order valence-corrected chi connectivity index (χ4v) is 1.93. The number of rotatable bonds is 5. The summed E-state index contributed by atoms with van der Waals surface area (Å²) in [7, 11) is 1.60. The minimum atomic E-state index is -0.745. The van der Waals surface area contributed by atoms with Crippen molar-refractivity contribution in [1.82, 2.24) is 5.32 Å². The molecular formula is C17H18N2O4. The molecule has 0 atom stereocenters. The summed E-state index contributed by atoms with van der Waals surface area (Å²) in [4.78, 5) is 23.4. The van der Waals surface area contributed by atoms with Gasteiger partial charge in [-0.05, 0) is 48.4 Å². The average molecular weight is 314 g/mol. The second kappa shape index (κ2) is 7.84. The van der Waals surface area contributed by atoms with Crippen LogP contribution in [0.25, 0.3) is 0 Å². The summed E-state index contributed by atoms with van der Waals surface area (Å²) in [6.45, 7) is 0.355. The lowest BCUT2D eigenvalue weighted by Gasteiger charge is -2.07. The molecule has 6 nitrogen and oxygen atoms in total. The van der Waals surface area contributed by atoms with Crippen LogP contribution in [0.4, 0.5) is 5.69 Å². The summed E-state index contributed by atoms with van der Waals surface area (Å²) in [5.74, 6) is -0.588. The second-order valence-corrected chi connectivity index (χ2v) is 4.85. The highest BCUT2D eigenvalue weighted by Gasteiger charge is 2.12. The van der Waals surface area contributed by atoms with Gasteiger partial charge in [0.05, 0.1) is 7.11 Å². The topological polar surface area (TPSA) is 87.7 Å². The zero-order valence-electron chi connectivity index (χ0n) is 12.7. The number of anilines is 1. The van der Waals surface area contributed by atoms with Crippen LogP contribution in [0.15, 0.2) is 48.5 Å². The minimum absolute atomic E-state index is 0.0898. The maximum atomic E-state index is 11.7. The van der Waals surface area contributed by atoms with Gasteiger partial charge in [0, 0.05) is 12.2 Å². The highest BCUT2D eigenvalue weighted by atomic mass is 16.5. The van der Waals surface area contributed by atoms with Crippen LogP contribution in [-0.2, 0) is 16.0 Å². The normalized spacial score (nSPS) is 9.96. The third-order valence-electron chi connectivity index (χ3n) is 3.19. The zero-order valence-corrected chi connectivity index (χ0v) is 12.7. The lowest BCUT2D eigenvalue weighted by Crippen LogP contribution is -2.36.